The minimum absolute atomic E-state index is 0.104. The lowest BCUT2D eigenvalue weighted by Crippen LogP contribution is -2.43. The second-order valence-corrected chi connectivity index (χ2v) is 8.13. The number of hydrogen-bond acceptors (Lipinski definition) is 5. The summed E-state index contributed by atoms with van der Waals surface area (Å²) < 4.78 is 10.8. The molecule has 0 bridgehead atoms. The Balaban J connectivity index is 2.01. The van der Waals surface area contributed by atoms with E-state index in [9.17, 15) is 4.79 Å². The molecule has 1 heterocycles. The molecule has 1 atom stereocenters. The highest BCUT2D eigenvalue weighted by Gasteiger charge is 2.19. The van der Waals surface area contributed by atoms with E-state index in [1.165, 1.54) is 0 Å². The molecule has 1 unspecified atom stereocenters. The Morgan fingerprint density at radius 2 is 1.74 bits per heavy atom. The first-order valence-electron chi connectivity index (χ1n) is 10.4. The maximum atomic E-state index is 13.2. The molecule has 3 rings (SSSR count). The Kier molecular flexibility index (Phi) is 7.13. The predicted molar refractivity (Wildman–Crippen MR) is 125 cm³/mol. The van der Waals surface area contributed by atoms with Crippen molar-refractivity contribution in [1.29, 1.82) is 0 Å². The van der Waals surface area contributed by atoms with Crippen molar-refractivity contribution in [2.24, 2.45) is 5.92 Å². The average Bonchev–Trinajstić information content (AvgIpc) is 2.77. The molecular formula is C25H31N3O3. The molecule has 0 saturated heterocycles. The lowest BCUT2D eigenvalue weighted by molar-refractivity contribution is 0.0936. The first-order chi connectivity index (χ1) is 14.8. The van der Waals surface area contributed by atoms with Crippen molar-refractivity contribution < 1.29 is 14.3 Å². The molecule has 3 aromatic rings. The summed E-state index contributed by atoms with van der Waals surface area (Å²) in [7, 11) is 7.28. The van der Waals surface area contributed by atoms with Crippen LogP contribution in [0.15, 0.2) is 48.5 Å². The van der Waals surface area contributed by atoms with Crippen molar-refractivity contribution in [3.8, 4) is 22.8 Å². The Morgan fingerprint density at radius 1 is 1.03 bits per heavy atom. The van der Waals surface area contributed by atoms with Crippen LogP contribution >= 0.6 is 0 Å². The molecule has 0 saturated carbocycles. The van der Waals surface area contributed by atoms with Crippen LogP contribution in [0.5, 0.6) is 11.5 Å². The fourth-order valence-electron chi connectivity index (χ4n) is 3.81. The Hall–Kier alpha value is -3.12. The summed E-state index contributed by atoms with van der Waals surface area (Å²) in [6.45, 7) is 4.90. The van der Waals surface area contributed by atoms with Gasteiger partial charge in [0.25, 0.3) is 5.91 Å². The molecule has 164 valence electrons. The smallest absolute Gasteiger partial charge is 0.252 e. The molecule has 0 spiro atoms. The van der Waals surface area contributed by atoms with Gasteiger partial charge in [-0.2, -0.15) is 0 Å². The number of carbonyl (C=O) groups excluding carboxylic acids is 1. The summed E-state index contributed by atoms with van der Waals surface area (Å²) >= 11 is 0. The number of amides is 1. The molecule has 1 amide bonds. The van der Waals surface area contributed by atoms with E-state index < -0.39 is 0 Å². The van der Waals surface area contributed by atoms with E-state index in [1.807, 2.05) is 62.6 Å². The van der Waals surface area contributed by atoms with Crippen LogP contribution in [-0.2, 0) is 0 Å². The van der Waals surface area contributed by atoms with Crippen LogP contribution in [0.4, 0.5) is 0 Å². The maximum absolute atomic E-state index is 13.2. The Bertz CT molecular complexity index is 1060. The van der Waals surface area contributed by atoms with E-state index in [1.54, 1.807) is 14.2 Å². The highest BCUT2D eigenvalue weighted by Crippen LogP contribution is 2.33. The largest absolute Gasteiger partial charge is 0.493 e. The fourth-order valence-corrected chi connectivity index (χ4v) is 3.81. The highest BCUT2D eigenvalue weighted by molar-refractivity contribution is 6.07. The molecule has 0 aliphatic rings. The van der Waals surface area contributed by atoms with Gasteiger partial charge in [0, 0.05) is 23.5 Å². The van der Waals surface area contributed by atoms with E-state index in [0.717, 1.165) is 16.5 Å². The van der Waals surface area contributed by atoms with E-state index >= 15 is 0 Å². The summed E-state index contributed by atoms with van der Waals surface area (Å²) in [5.41, 5.74) is 2.94. The number of para-hydroxylation sites is 1. The van der Waals surface area contributed by atoms with Gasteiger partial charge in [-0.1, -0.05) is 32.0 Å². The number of ether oxygens (including phenoxy) is 2. The number of carbonyl (C=O) groups is 1. The molecular weight excluding hydrogens is 390 g/mol. The van der Waals surface area contributed by atoms with Gasteiger partial charge in [-0.3, -0.25) is 4.79 Å². The topological polar surface area (TPSA) is 63.7 Å². The van der Waals surface area contributed by atoms with Crippen molar-refractivity contribution in [2.75, 3.05) is 34.9 Å². The molecule has 2 aromatic carbocycles. The summed E-state index contributed by atoms with van der Waals surface area (Å²) in [5.74, 6) is 1.58. The van der Waals surface area contributed by atoms with Gasteiger partial charge in [-0.05, 0) is 50.3 Å². The Morgan fingerprint density at radius 3 is 2.39 bits per heavy atom. The van der Waals surface area contributed by atoms with Crippen molar-refractivity contribution in [3.63, 3.8) is 0 Å². The number of nitrogens with one attached hydrogen (secondary N) is 1. The third-order valence-corrected chi connectivity index (χ3v) is 5.54. The third-order valence-electron chi connectivity index (χ3n) is 5.54. The number of benzene rings is 2. The van der Waals surface area contributed by atoms with Crippen molar-refractivity contribution in [2.45, 2.75) is 19.9 Å². The minimum Gasteiger partial charge on any atom is -0.493 e. The summed E-state index contributed by atoms with van der Waals surface area (Å²) in [6, 6.07) is 15.4. The van der Waals surface area contributed by atoms with Crippen molar-refractivity contribution in [1.82, 2.24) is 15.2 Å². The van der Waals surface area contributed by atoms with E-state index in [0.29, 0.717) is 35.2 Å². The summed E-state index contributed by atoms with van der Waals surface area (Å²) in [6.07, 6.45) is 0. The number of likely N-dealkylation sites (N-methyl/N-ethyl adjacent to an activating group) is 1. The van der Waals surface area contributed by atoms with Crippen LogP contribution in [0, 0.1) is 5.92 Å². The number of fused-ring (bicyclic) bond motifs is 1. The van der Waals surface area contributed by atoms with Crippen LogP contribution in [0.2, 0.25) is 0 Å². The zero-order chi connectivity index (χ0) is 22.5. The summed E-state index contributed by atoms with van der Waals surface area (Å²) in [5, 5.41) is 3.95. The maximum Gasteiger partial charge on any atom is 0.252 e. The molecule has 0 fully saturated rings. The van der Waals surface area contributed by atoms with Crippen LogP contribution < -0.4 is 14.8 Å². The number of methoxy groups -OCH3 is 2. The molecule has 6 nitrogen and oxygen atoms in total. The quantitative estimate of drug-likeness (QED) is 0.590. The molecule has 1 N–H and O–H groups in total. The monoisotopic (exact) mass is 421 g/mol. The van der Waals surface area contributed by atoms with Gasteiger partial charge in [0.1, 0.15) is 0 Å². The summed E-state index contributed by atoms with van der Waals surface area (Å²) in [4.78, 5) is 20.1. The number of rotatable bonds is 8. The van der Waals surface area contributed by atoms with Gasteiger partial charge in [0.15, 0.2) is 11.5 Å². The van der Waals surface area contributed by atoms with Gasteiger partial charge in [-0.15, -0.1) is 0 Å². The zero-order valence-corrected chi connectivity index (χ0v) is 19.1. The minimum atomic E-state index is -0.104. The predicted octanol–water partition coefficient (Wildman–Crippen LogP) is 4.24. The van der Waals surface area contributed by atoms with E-state index in [4.69, 9.17) is 14.5 Å². The van der Waals surface area contributed by atoms with Gasteiger partial charge in [0.2, 0.25) is 0 Å². The molecule has 31 heavy (non-hydrogen) atoms. The fraction of sp³-hybridized carbons (Fsp3) is 0.360. The van der Waals surface area contributed by atoms with Crippen LogP contribution in [0.3, 0.4) is 0 Å². The molecule has 0 aliphatic carbocycles. The number of hydrogen-bond donors (Lipinski definition) is 1. The Labute approximate surface area is 184 Å². The molecule has 1 aromatic heterocycles. The van der Waals surface area contributed by atoms with Gasteiger partial charge in [0.05, 0.1) is 31.0 Å². The lowest BCUT2D eigenvalue weighted by Gasteiger charge is -2.28. The zero-order valence-electron chi connectivity index (χ0n) is 19.1. The second-order valence-electron chi connectivity index (χ2n) is 8.13. The average molecular weight is 422 g/mol. The van der Waals surface area contributed by atoms with E-state index in [2.05, 4.69) is 24.1 Å². The van der Waals surface area contributed by atoms with Crippen molar-refractivity contribution >= 4 is 16.8 Å². The van der Waals surface area contributed by atoms with Crippen LogP contribution in [-0.4, -0.2) is 56.7 Å². The molecule has 6 heteroatoms. The molecule has 0 radical (unpaired) electrons. The molecule has 0 aliphatic heterocycles. The van der Waals surface area contributed by atoms with Gasteiger partial charge >= 0.3 is 0 Å². The SMILES string of the molecule is COc1ccc(-c2cc(C(=O)NCC(C(C)C)N(C)C)c3ccccc3n2)cc1OC. The highest BCUT2D eigenvalue weighted by atomic mass is 16.5. The van der Waals surface area contributed by atoms with Crippen LogP contribution in [0.1, 0.15) is 24.2 Å². The first-order valence-corrected chi connectivity index (χ1v) is 10.4. The van der Waals surface area contributed by atoms with E-state index in [-0.39, 0.29) is 11.9 Å². The van der Waals surface area contributed by atoms with Gasteiger partial charge in [-0.25, -0.2) is 4.98 Å². The number of pyridine rings is 1. The third kappa shape index (κ3) is 4.97. The first kappa shape index (κ1) is 22.6. The van der Waals surface area contributed by atoms with Crippen molar-refractivity contribution in [3.05, 3.63) is 54.1 Å². The second kappa shape index (κ2) is 9.79. The lowest BCUT2D eigenvalue weighted by atomic mass is 10.0. The normalized spacial score (nSPS) is 12.3. The number of aromatic nitrogens is 1. The van der Waals surface area contributed by atoms with Crippen LogP contribution in [0.25, 0.3) is 22.2 Å². The standard InChI is InChI=1S/C25H31N3O3/c1-16(2)22(28(3)4)15-26-25(29)19-14-21(27-20-10-8-7-9-18(19)20)17-11-12-23(30-5)24(13-17)31-6/h7-14,16,22H,15H2,1-6H3,(H,26,29). The number of nitrogens with zero attached hydrogens (tertiary/aromatic N) is 2. The van der Waals surface area contributed by atoms with Gasteiger partial charge < -0.3 is 19.7 Å².